The van der Waals surface area contributed by atoms with Crippen LogP contribution in [0, 0.1) is 0 Å². The van der Waals surface area contributed by atoms with Gasteiger partial charge in [-0.2, -0.15) is 9.61 Å². The first-order valence-electron chi connectivity index (χ1n) is 6.21. The molecule has 0 amide bonds. The molecule has 0 bridgehead atoms. The highest BCUT2D eigenvalue weighted by atomic mass is 16.2. The lowest BCUT2D eigenvalue weighted by molar-refractivity contribution is 0.299. The predicted molar refractivity (Wildman–Crippen MR) is 70.8 cm³/mol. The summed E-state index contributed by atoms with van der Waals surface area (Å²) in [5, 5.41) is 21.5. The van der Waals surface area contributed by atoms with Gasteiger partial charge in [0.15, 0.2) is 11.5 Å². The fourth-order valence-corrected chi connectivity index (χ4v) is 2.11. The second kappa shape index (κ2) is 5.16. The van der Waals surface area contributed by atoms with Crippen molar-refractivity contribution >= 4 is 5.65 Å². The number of aromatic nitrogens is 4. The van der Waals surface area contributed by atoms with E-state index in [0.29, 0.717) is 12.8 Å². The van der Waals surface area contributed by atoms with E-state index in [1.807, 2.05) is 30.3 Å². The molecule has 0 aliphatic heterocycles. The molecule has 0 radical (unpaired) electrons. The van der Waals surface area contributed by atoms with E-state index in [9.17, 15) is 0 Å². The van der Waals surface area contributed by atoms with Gasteiger partial charge in [0.2, 0.25) is 0 Å². The van der Waals surface area contributed by atoms with Gasteiger partial charge in [-0.3, -0.25) is 0 Å². The summed E-state index contributed by atoms with van der Waals surface area (Å²) >= 11 is 0. The van der Waals surface area contributed by atoms with Crippen LogP contribution in [0.5, 0.6) is 0 Å². The van der Waals surface area contributed by atoms with Gasteiger partial charge >= 0.3 is 0 Å². The van der Waals surface area contributed by atoms with Crippen molar-refractivity contribution in [2.45, 2.75) is 12.8 Å². The van der Waals surface area contributed by atoms with Gasteiger partial charge < -0.3 is 5.11 Å². The van der Waals surface area contributed by atoms with E-state index in [2.05, 4.69) is 21.4 Å². The zero-order valence-corrected chi connectivity index (χ0v) is 10.4. The maximum Gasteiger partial charge on any atom is 0.177 e. The van der Waals surface area contributed by atoms with Gasteiger partial charge in [0.05, 0.1) is 0 Å². The minimum atomic E-state index is 0.166. The van der Waals surface area contributed by atoms with Gasteiger partial charge in [-0.05, 0) is 29.7 Å². The average Bonchev–Trinajstić information content (AvgIpc) is 2.83. The van der Waals surface area contributed by atoms with Crippen LogP contribution in [0.25, 0.3) is 5.65 Å². The van der Waals surface area contributed by atoms with Gasteiger partial charge in [-0.1, -0.05) is 24.3 Å². The van der Waals surface area contributed by atoms with Crippen molar-refractivity contribution in [3.8, 4) is 0 Å². The SMILES string of the molecule is OCCc1cccc(Cc2nnc3cccnn23)c1. The van der Waals surface area contributed by atoms with E-state index in [1.54, 1.807) is 10.7 Å². The highest BCUT2D eigenvalue weighted by Gasteiger charge is 2.07. The van der Waals surface area contributed by atoms with Crippen molar-refractivity contribution in [3.63, 3.8) is 0 Å². The maximum absolute atomic E-state index is 8.97. The van der Waals surface area contributed by atoms with Crippen molar-refractivity contribution in [2.75, 3.05) is 6.61 Å². The van der Waals surface area contributed by atoms with Crippen LogP contribution < -0.4 is 0 Å². The summed E-state index contributed by atoms with van der Waals surface area (Å²) in [6, 6.07) is 11.9. The van der Waals surface area contributed by atoms with E-state index in [4.69, 9.17) is 5.11 Å². The van der Waals surface area contributed by atoms with Gasteiger partial charge in [-0.15, -0.1) is 10.2 Å². The van der Waals surface area contributed by atoms with Crippen molar-refractivity contribution < 1.29 is 5.11 Å². The van der Waals surface area contributed by atoms with Crippen LogP contribution in [-0.2, 0) is 12.8 Å². The van der Waals surface area contributed by atoms with Gasteiger partial charge in [0.25, 0.3) is 0 Å². The second-order valence-corrected chi connectivity index (χ2v) is 4.38. The number of fused-ring (bicyclic) bond motifs is 1. The number of aliphatic hydroxyl groups excluding tert-OH is 1. The molecule has 0 saturated heterocycles. The fraction of sp³-hybridized carbons (Fsp3) is 0.214. The lowest BCUT2D eigenvalue weighted by atomic mass is 10.1. The molecule has 0 spiro atoms. The number of aliphatic hydroxyl groups is 1. The average molecular weight is 254 g/mol. The monoisotopic (exact) mass is 254 g/mol. The summed E-state index contributed by atoms with van der Waals surface area (Å²) in [4.78, 5) is 0. The van der Waals surface area contributed by atoms with Gasteiger partial charge in [0.1, 0.15) is 0 Å². The summed E-state index contributed by atoms with van der Waals surface area (Å²) < 4.78 is 1.75. The van der Waals surface area contributed by atoms with E-state index >= 15 is 0 Å². The lowest BCUT2D eigenvalue weighted by Gasteiger charge is -2.03. The molecule has 2 aromatic heterocycles. The van der Waals surface area contributed by atoms with Crippen LogP contribution in [0.1, 0.15) is 17.0 Å². The smallest absolute Gasteiger partial charge is 0.177 e. The van der Waals surface area contributed by atoms with Gasteiger partial charge in [-0.25, -0.2) is 0 Å². The molecule has 5 heteroatoms. The summed E-state index contributed by atoms with van der Waals surface area (Å²) in [5.41, 5.74) is 3.02. The standard InChI is InChI=1S/C14H14N4O/c19-8-6-11-3-1-4-12(9-11)10-14-17-16-13-5-2-7-15-18(13)14/h1-5,7,9,19H,6,8,10H2. The molecule has 0 atom stereocenters. The molecule has 0 aliphatic rings. The maximum atomic E-state index is 8.97. The predicted octanol–water partition coefficient (Wildman–Crippen LogP) is 1.25. The quantitative estimate of drug-likeness (QED) is 0.761. The van der Waals surface area contributed by atoms with E-state index < -0.39 is 0 Å². The Labute approximate surface area is 110 Å². The Morgan fingerprint density at radius 1 is 1.05 bits per heavy atom. The Kier molecular flexibility index (Phi) is 3.20. The molecule has 96 valence electrons. The first-order valence-corrected chi connectivity index (χ1v) is 6.21. The molecule has 0 unspecified atom stereocenters. The molecule has 0 saturated carbocycles. The summed E-state index contributed by atoms with van der Waals surface area (Å²) in [6.45, 7) is 0.166. The highest BCUT2D eigenvalue weighted by molar-refractivity contribution is 5.36. The Hall–Kier alpha value is -2.27. The van der Waals surface area contributed by atoms with Crippen LogP contribution in [0.2, 0.25) is 0 Å². The summed E-state index contributed by atoms with van der Waals surface area (Å²) in [5.74, 6) is 0.816. The zero-order valence-electron chi connectivity index (χ0n) is 10.4. The van der Waals surface area contributed by atoms with Crippen LogP contribution in [-0.4, -0.2) is 31.5 Å². The number of hydrogen-bond acceptors (Lipinski definition) is 4. The molecular formula is C14H14N4O. The first kappa shape index (κ1) is 11.8. The molecule has 0 aliphatic carbocycles. The van der Waals surface area contributed by atoms with Crippen molar-refractivity contribution in [1.29, 1.82) is 0 Å². The molecule has 1 N–H and O–H groups in total. The fourth-order valence-electron chi connectivity index (χ4n) is 2.11. The second-order valence-electron chi connectivity index (χ2n) is 4.38. The number of rotatable bonds is 4. The topological polar surface area (TPSA) is 63.3 Å². The Morgan fingerprint density at radius 3 is 2.84 bits per heavy atom. The molecule has 0 fully saturated rings. The third-order valence-electron chi connectivity index (χ3n) is 3.00. The first-order chi connectivity index (χ1) is 9.36. The van der Waals surface area contributed by atoms with Crippen molar-refractivity contribution in [1.82, 2.24) is 19.8 Å². The Balaban J connectivity index is 1.90. The van der Waals surface area contributed by atoms with E-state index in [1.165, 1.54) is 0 Å². The minimum Gasteiger partial charge on any atom is -0.396 e. The molecular weight excluding hydrogens is 240 g/mol. The highest BCUT2D eigenvalue weighted by Crippen LogP contribution is 2.11. The Bertz CT molecular complexity index is 692. The van der Waals surface area contributed by atoms with E-state index in [-0.39, 0.29) is 6.61 Å². The van der Waals surface area contributed by atoms with Crippen LogP contribution in [0.4, 0.5) is 0 Å². The molecule has 19 heavy (non-hydrogen) atoms. The molecule has 2 heterocycles. The normalized spacial score (nSPS) is 11.0. The number of nitrogens with zero attached hydrogens (tertiary/aromatic N) is 4. The van der Waals surface area contributed by atoms with Crippen molar-refractivity contribution in [3.05, 3.63) is 59.5 Å². The van der Waals surface area contributed by atoms with Crippen LogP contribution in [0.15, 0.2) is 42.6 Å². The minimum absolute atomic E-state index is 0.166. The van der Waals surface area contributed by atoms with E-state index in [0.717, 1.165) is 22.6 Å². The zero-order chi connectivity index (χ0) is 13.1. The third-order valence-corrected chi connectivity index (χ3v) is 3.00. The summed E-state index contributed by atoms with van der Waals surface area (Å²) in [7, 11) is 0. The summed E-state index contributed by atoms with van der Waals surface area (Å²) in [6.07, 6.45) is 3.08. The number of benzene rings is 1. The van der Waals surface area contributed by atoms with Gasteiger partial charge in [0, 0.05) is 19.2 Å². The lowest BCUT2D eigenvalue weighted by Crippen LogP contribution is -2.00. The molecule has 3 aromatic rings. The molecule has 5 nitrogen and oxygen atoms in total. The Morgan fingerprint density at radius 2 is 1.95 bits per heavy atom. The van der Waals surface area contributed by atoms with Crippen molar-refractivity contribution in [2.24, 2.45) is 0 Å². The molecule has 3 rings (SSSR count). The molecule has 1 aromatic carbocycles. The largest absolute Gasteiger partial charge is 0.396 e. The van der Waals surface area contributed by atoms with Crippen LogP contribution >= 0.6 is 0 Å². The van der Waals surface area contributed by atoms with Crippen LogP contribution in [0.3, 0.4) is 0 Å². The third kappa shape index (κ3) is 2.46. The number of hydrogen-bond donors (Lipinski definition) is 1.